The van der Waals surface area contributed by atoms with Gasteiger partial charge in [-0.15, -0.1) is 0 Å². The van der Waals surface area contributed by atoms with Crippen molar-refractivity contribution < 1.29 is 18.0 Å². The van der Waals surface area contributed by atoms with Crippen LogP contribution in [0.25, 0.3) is 0 Å². The fourth-order valence-corrected chi connectivity index (χ4v) is 2.66. The molecule has 0 atom stereocenters. The highest BCUT2D eigenvalue weighted by molar-refractivity contribution is 7.92. The highest BCUT2D eigenvalue weighted by atomic mass is 35.5. The molecule has 7 nitrogen and oxygen atoms in total. The number of anilines is 1. The Kier molecular flexibility index (Phi) is 5.42. The first-order chi connectivity index (χ1) is 11.3. The van der Waals surface area contributed by atoms with E-state index in [1.807, 2.05) is 0 Å². The zero-order chi connectivity index (χ0) is 17.7. The summed E-state index contributed by atoms with van der Waals surface area (Å²) in [7, 11) is -3.55. The number of hydrazine groups is 1. The molecule has 0 aliphatic heterocycles. The maximum Gasteiger partial charge on any atom is 0.271 e. The first-order valence-corrected chi connectivity index (χ1v) is 8.97. The molecule has 2 amide bonds. The van der Waals surface area contributed by atoms with Gasteiger partial charge < -0.3 is 0 Å². The summed E-state index contributed by atoms with van der Waals surface area (Å²) in [4.78, 5) is 24.2. The second-order valence-corrected chi connectivity index (χ2v) is 6.96. The number of carbonyl (C=O) groups is 2. The molecule has 0 saturated heterocycles. The number of carbonyl (C=O) groups excluding carboxylic acids is 2. The van der Waals surface area contributed by atoms with Crippen LogP contribution in [0, 0.1) is 0 Å². The monoisotopic (exact) mass is 367 g/mol. The SMILES string of the molecule is CS(=O)(=O)Nc1ccccc1C(=O)NNC(=O)c1ccccc1Cl. The Balaban J connectivity index is 2.11. The Hall–Kier alpha value is -2.58. The van der Waals surface area contributed by atoms with Gasteiger partial charge in [0.05, 0.1) is 28.1 Å². The van der Waals surface area contributed by atoms with Crippen molar-refractivity contribution in [3.63, 3.8) is 0 Å². The van der Waals surface area contributed by atoms with Crippen molar-refractivity contribution in [3.05, 3.63) is 64.7 Å². The molecule has 2 aromatic carbocycles. The molecule has 0 radical (unpaired) electrons. The van der Waals surface area contributed by atoms with E-state index < -0.39 is 21.8 Å². The van der Waals surface area contributed by atoms with Gasteiger partial charge in [0.25, 0.3) is 11.8 Å². The van der Waals surface area contributed by atoms with Crippen LogP contribution in [0.1, 0.15) is 20.7 Å². The maximum absolute atomic E-state index is 12.2. The minimum atomic E-state index is -3.55. The predicted octanol–water partition coefficient (Wildman–Crippen LogP) is 1.79. The number of para-hydroxylation sites is 1. The topological polar surface area (TPSA) is 104 Å². The molecule has 9 heteroatoms. The lowest BCUT2D eigenvalue weighted by Crippen LogP contribution is -2.42. The number of rotatable bonds is 4. The van der Waals surface area contributed by atoms with E-state index in [1.165, 1.54) is 18.2 Å². The van der Waals surface area contributed by atoms with Gasteiger partial charge in [0.2, 0.25) is 10.0 Å². The molecule has 0 aliphatic rings. The standard InChI is InChI=1S/C15H14ClN3O4S/c1-24(22,23)19-13-9-5-3-7-11(13)15(21)18-17-14(20)10-6-2-4-8-12(10)16/h2-9,19H,1H3,(H,17,20)(H,18,21). The second kappa shape index (κ2) is 7.33. The molecule has 24 heavy (non-hydrogen) atoms. The molecule has 0 spiro atoms. The van der Waals surface area contributed by atoms with Crippen molar-refractivity contribution in [2.24, 2.45) is 0 Å². The normalized spacial score (nSPS) is 10.8. The van der Waals surface area contributed by atoms with Gasteiger partial charge in [-0.05, 0) is 24.3 Å². The lowest BCUT2D eigenvalue weighted by atomic mass is 10.2. The van der Waals surface area contributed by atoms with Crippen LogP contribution in [0.3, 0.4) is 0 Å². The Bertz CT molecular complexity index is 884. The third-order valence-corrected chi connectivity index (χ3v) is 3.80. The van der Waals surface area contributed by atoms with Crippen molar-refractivity contribution >= 4 is 39.1 Å². The van der Waals surface area contributed by atoms with E-state index in [0.717, 1.165) is 6.26 Å². The van der Waals surface area contributed by atoms with E-state index in [-0.39, 0.29) is 21.8 Å². The van der Waals surface area contributed by atoms with E-state index in [1.54, 1.807) is 30.3 Å². The third-order valence-electron chi connectivity index (χ3n) is 2.88. The van der Waals surface area contributed by atoms with Crippen LogP contribution in [0.15, 0.2) is 48.5 Å². The summed E-state index contributed by atoms with van der Waals surface area (Å²) >= 11 is 5.90. The lowest BCUT2D eigenvalue weighted by Gasteiger charge is -2.12. The average Bonchev–Trinajstić information content (AvgIpc) is 2.51. The number of sulfonamides is 1. The van der Waals surface area contributed by atoms with Gasteiger partial charge in [-0.3, -0.25) is 25.2 Å². The zero-order valence-electron chi connectivity index (χ0n) is 12.5. The van der Waals surface area contributed by atoms with Gasteiger partial charge in [-0.2, -0.15) is 0 Å². The number of hydrogen-bond acceptors (Lipinski definition) is 4. The van der Waals surface area contributed by atoms with Crippen LogP contribution in [0.2, 0.25) is 5.02 Å². The van der Waals surface area contributed by atoms with Gasteiger partial charge in [-0.1, -0.05) is 35.9 Å². The van der Waals surface area contributed by atoms with Gasteiger partial charge in [0.1, 0.15) is 0 Å². The smallest absolute Gasteiger partial charge is 0.271 e. The summed E-state index contributed by atoms with van der Waals surface area (Å²) in [5.41, 5.74) is 4.80. The highest BCUT2D eigenvalue weighted by Gasteiger charge is 2.15. The van der Waals surface area contributed by atoms with Crippen LogP contribution in [0.5, 0.6) is 0 Å². The molecule has 0 saturated carbocycles. The fraction of sp³-hybridized carbons (Fsp3) is 0.0667. The molecule has 0 bridgehead atoms. The number of halogens is 1. The summed E-state index contributed by atoms with van der Waals surface area (Å²) in [6.45, 7) is 0. The van der Waals surface area contributed by atoms with Crippen molar-refractivity contribution in [3.8, 4) is 0 Å². The van der Waals surface area contributed by atoms with Gasteiger partial charge in [0, 0.05) is 0 Å². The summed E-state index contributed by atoms with van der Waals surface area (Å²) < 4.78 is 24.9. The summed E-state index contributed by atoms with van der Waals surface area (Å²) in [6.07, 6.45) is 0.973. The Morgan fingerprint density at radius 3 is 1.96 bits per heavy atom. The number of hydrogen-bond donors (Lipinski definition) is 3. The number of nitrogens with one attached hydrogen (secondary N) is 3. The molecule has 0 aliphatic carbocycles. The Labute approximate surface area is 144 Å². The molecular formula is C15H14ClN3O4S. The Morgan fingerprint density at radius 1 is 0.875 bits per heavy atom. The van der Waals surface area contributed by atoms with Crippen LogP contribution >= 0.6 is 11.6 Å². The first kappa shape index (κ1) is 17.8. The van der Waals surface area contributed by atoms with Crippen molar-refractivity contribution in [2.75, 3.05) is 11.0 Å². The first-order valence-electron chi connectivity index (χ1n) is 6.70. The maximum atomic E-state index is 12.2. The van der Waals surface area contributed by atoms with Crippen LogP contribution < -0.4 is 15.6 Å². The molecule has 126 valence electrons. The van der Waals surface area contributed by atoms with Crippen molar-refractivity contribution in [1.82, 2.24) is 10.9 Å². The third kappa shape index (κ3) is 4.71. The van der Waals surface area contributed by atoms with E-state index in [4.69, 9.17) is 11.6 Å². The second-order valence-electron chi connectivity index (χ2n) is 4.81. The molecule has 0 aromatic heterocycles. The summed E-state index contributed by atoms with van der Waals surface area (Å²) in [5.74, 6) is -1.27. The van der Waals surface area contributed by atoms with Crippen molar-refractivity contribution in [1.29, 1.82) is 0 Å². The molecule has 3 N–H and O–H groups in total. The molecule has 2 rings (SSSR count). The average molecular weight is 368 g/mol. The molecule has 0 fully saturated rings. The van der Waals surface area contributed by atoms with E-state index >= 15 is 0 Å². The largest absolute Gasteiger partial charge is 0.283 e. The quantitative estimate of drug-likeness (QED) is 0.716. The van der Waals surface area contributed by atoms with Crippen molar-refractivity contribution in [2.45, 2.75) is 0 Å². The fourth-order valence-electron chi connectivity index (χ4n) is 1.86. The number of benzene rings is 2. The van der Waals surface area contributed by atoms with Gasteiger partial charge in [-0.25, -0.2) is 8.42 Å². The van der Waals surface area contributed by atoms with Crippen LogP contribution in [-0.4, -0.2) is 26.5 Å². The van der Waals surface area contributed by atoms with E-state index in [9.17, 15) is 18.0 Å². The van der Waals surface area contributed by atoms with Gasteiger partial charge >= 0.3 is 0 Å². The van der Waals surface area contributed by atoms with E-state index in [0.29, 0.717) is 0 Å². The zero-order valence-corrected chi connectivity index (χ0v) is 14.1. The highest BCUT2D eigenvalue weighted by Crippen LogP contribution is 2.16. The van der Waals surface area contributed by atoms with Gasteiger partial charge in [0.15, 0.2) is 0 Å². The van der Waals surface area contributed by atoms with E-state index in [2.05, 4.69) is 15.6 Å². The molecule has 0 heterocycles. The summed E-state index contributed by atoms with van der Waals surface area (Å²) in [5, 5.41) is 0.239. The number of amides is 2. The lowest BCUT2D eigenvalue weighted by molar-refractivity contribution is 0.0847. The Morgan fingerprint density at radius 2 is 1.38 bits per heavy atom. The summed E-state index contributed by atoms with van der Waals surface area (Å²) in [6, 6.07) is 12.4. The minimum Gasteiger partial charge on any atom is -0.283 e. The molecule has 0 unspecified atom stereocenters. The van der Waals surface area contributed by atoms with Crippen LogP contribution in [0.4, 0.5) is 5.69 Å². The molecule has 2 aromatic rings. The minimum absolute atomic E-state index is 0.0578. The van der Waals surface area contributed by atoms with Crippen LogP contribution in [-0.2, 0) is 10.0 Å². The predicted molar refractivity (Wildman–Crippen MR) is 91.3 cm³/mol. The molecular weight excluding hydrogens is 354 g/mol.